The minimum atomic E-state index is -3.50. The molecule has 0 aliphatic carbocycles. The van der Waals surface area contributed by atoms with Crippen molar-refractivity contribution in [2.24, 2.45) is 0 Å². The fourth-order valence-electron chi connectivity index (χ4n) is 3.54. The molecule has 3 rings (SSSR count). The molecule has 1 aliphatic heterocycles. The smallest absolute Gasteiger partial charge is 0.262 e. The first-order chi connectivity index (χ1) is 14.7. The Bertz CT molecular complexity index is 970. The van der Waals surface area contributed by atoms with Crippen molar-refractivity contribution >= 4 is 21.6 Å². The number of benzene rings is 2. The molecule has 1 N–H and O–H groups in total. The number of carbonyl (C=O) groups excluding carboxylic acids is 1. The first kappa shape index (κ1) is 23.3. The van der Waals surface area contributed by atoms with E-state index in [1.54, 1.807) is 28.6 Å². The molecule has 2 aromatic carbocycles. The van der Waals surface area contributed by atoms with Crippen LogP contribution in [-0.2, 0) is 20.2 Å². The van der Waals surface area contributed by atoms with Crippen LogP contribution in [0, 0.1) is 0 Å². The predicted octanol–water partition coefficient (Wildman–Crippen LogP) is 4.57. The van der Waals surface area contributed by atoms with Crippen molar-refractivity contribution in [3.8, 4) is 5.75 Å². The molecule has 1 saturated heterocycles. The lowest BCUT2D eigenvalue weighted by atomic mass is 9.87. The van der Waals surface area contributed by atoms with Crippen LogP contribution in [0.2, 0.25) is 0 Å². The molecule has 2 aromatic rings. The van der Waals surface area contributed by atoms with Gasteiger partial charge in [-0.1, -0.05) is 45.7 Å². The molecular formula is C24H32N2O4S. The van der Waals surface area contributed by atoms with Crippen molar-refractivity contribution < 1.29 is 17.9 Å². The van der Waals surface area contributed by atoms with Gasteiger partial charge in [0.25, 0.3) is 5.91 Å². The highest BCUT2D eigenvalue weighted by Gasteiger charge is 2.25. The summed E-state index contributed by atoms with van der Waals surface area (Å²) in [7, 11) is -3.50. The zero-order chi connectivity index (χ0) is 22.5. The highest BCUT2D eigenvalue weighted by Crippen LogP contribution is 2.24. The molecule has 0 radical (unpaired) electrons. The Morgan fingerprint density at radius 2 is 1.52 bits per heavy atom. The zero-order valence-electron chi connectivity index (χ0n) is 18.6. The number of anilines is 1. The number of rotatable bonds is 6. The number of amides is 1. The van der Waals surface area contributed by atoms with E-state index in [2.05, 4.69) is 26.1 Å². The standard InChI is InChI=1S/C24H32N2O4S/c1-24(2,3)19-8-12-21(13-9-19)30-18-23(27)25-20-10-14-22(15-11-20)31(28,29)26-16-6-4-5-7-17-26/h8-15H,4-7,16-18H2,1-3H3,(H,25,27). The molecule has 0 spiro atoms. The summed E-state index contributed by atoms with van der Waals surface area (Å²) < 4.78 is 32.8. The molecule has 1 aliphatic rings. The number of nitrogens with zero attached hydrogens (tertiary/aromatic N) is 1. The molecule has 1 amide bonds. The van der Waals surface area contributed by atoms with Gasteiger partial charge < -0.3 is 10.1 Å². The van der Waals surface area contributed by atoms with Crippen molar-refractivity contribution in [1.29, 1.82) is 0 Å². The number of nitrogens with one attached hydrogen (secondary N) is 1. The van der Waals surface area contributed by atoms with Gasteiger partial charge in [0.15, 0.2) is 6.61 Å². The van der Waals surface area contributed by atoms with Crippen LogP contribution in [0.5, 0.6) is 5.75 Å². The number of sulfonamides is 1. The summed E-state index contributed by atoms with van der Waals surface area (Å²) >= 11 is 0. The third kappa shape index (κ3) is 6.31. The van der Waals surface area contributed by atoms with Gasteiger partial charge in [-0.2, -0.15) is 4.31 Å². The minimum Gasteiger partial charge on any atom is -0.484 e. The number of carbonyl (C=O) groups is 1. The highest BCUT2D eigenvalue weighted by atomic mass is 32.2. The van der Waals surface area contributed by atoms with Crippen LogP contribution in [0.25, 0.3) is 0 Å². The molecule has 0 aromatic heterocycles. The Kier molecular flexibility index (Phi) is 7.38. The topological polar surface area (TPSA) is 75.7 Å². The summed E-state index contributed by atoms with van der Waals surface area (Å²) in [5.41, 5.74) is 1.79. The van der Waals surface area contributed by atoms with Crippen molar-refractivity contribution in [3.05, 3.63) is 54.1 Å². The Labute approximate surface area is 185 Å². The highest BCUT2D eigenvalue weighted by molar-refractivity contribution is 7.89. The van der Waals surface area contributed by atoms with Gasteiger partial charge in [-0.25, -0.2) is 8.42 Å². The van der Waals surface area contributed by atoms with E-state index in [4.69, 9.17) is 4.74 Å². The lowest BCUT2D eigenvalue weighted by Gasteiger charge is -2.20. The van der Waals surface area contributed by atoms with E-state index >= 15 is 0 Å². The number of ether oxygens (including phenoxy) is 1. The number of hydrogen-bond acceptors (Lipinski definition) is 4. The van der Waals surface area contributed by atoms with E-state index < -0.39 is 10.0 Å². The van der Waals surface area contributed by atoms with Crippen molar-refractivity contribution in [2.45, 2.75) is 56.8 Å². The fourth-order valence-corrected chi connectivity index (χ4v) is 5.06. The van der Waals surface area contributed by atoms with Crippen LogP contribution < -0.4 is 10.1 Å². The first-order valence-corrected chi connectivity index (χ1v) is 12.2. The Balaban J connectivity index is 1.55. The van der Waals surface area contributed by atoms with Crippen LogP contribution in [0.3, 0.4) is 0 Å². The first-order valence-electron chi connectivity index (χ1n) is 10.8. The van der Waals surface area contributed by atoms with Crippen LogP contribution in [-0.4, -0.2) is 38.3 Å². The maximum absolute atomic E-state index is 12.8. The summed E-state index contributed by atoms with van der Waals surface area (Å²) in [6.07, 6.45) is 3.93. The average Bonchev–Trinajstić information content (AvgIpc) is 3.02. The average molecular weight is 445 g/mol. The molecule has 31 heavy (non-hydrogen) atoms. The Morgan fingerprint density at radius 1 is 0.935 bits per heavy atom. The maximum atomic E-state index is 12.8. The lowest BCUT2D eigenvalue weighted by molar-refractivity contribution is -0.118. The molecule has 0 unspecified atom stereocenters. The predicted molar refractivity (Wildman–Crippen MR) is 123 cm³/mol. The monoisotopic (exact) mass is 444 g/mol. The molecule has 0 saturated carbocycles. The van der Waals surface area contributed by atoms with Gasteiger partial charge >= 0.3 is 0 Å². The summed E-state index contributed by atoms with van der Waals surface area (Å²) in [6, 6.07) is 14.0. The fraction of sp³-hybridized carbons (Fsp3) is 0.458. The SMILES string of the molecule is CC(C)(C)c1ccc(OCC(=O)Nc2ccc(S(=O)(=O)N3CCCCCC3)cc2)cc1. The van der Waals surface area contributed by atoms with Gasteiger partial charge in [0.1, 0.15) is 5.75 Å². The second kappa shape index (κ2) is 9.83. The Hall–Kier alpha value is -2.38. The molecule has 1 fully saturated rings. The molecule has 168 valence electrons. The maximum Gasteiger partial charge on any atom is 0.262 e. The normalized spacial score (nSPS) is 15.8. The van der Waals surface area contributed by atoms with E-state index in [1.165, 1.54) is 5.56 Å². The van der Waals surface area contributed by atoms with Gasteiger partial charge in [-0.15, -0.1) is 0 Å². The van der Waals surface area contributed by atoms with E-state index in [0.717, 1.165) is 25.7 Å². The van der Waals surface area contributed by atoms with E-state index in [0.29, 0.717) is 24.5 Å². The lowest BCUT2D eigenvalue weighted by Crippen LogP contribution is -2.31. The van der Waals surface area contributed by atoms with Crippen LogP contribution in [0.4, 0.5) is 5.69 Å². The van der Waals surface area contributed by atoms with Crippen molar-refractivity contribution in [3.63, 3.8) is 0 Å². The second-order valence-electron chi connectivity index (χ2n) is 8.95. The third-order valence-corrected chi connectivity index (χ3v) is 7.34. The molecular weight excluding hydrogens is 412 g/mol. The quantitative estimate of drug-likeness (QED) is 0.708. The molecule has 0 bridgehead atoms. The van der Waals surface area contributed by atoms with Gasteiger partial charge in [-0.3, -0.25) is 4.79 Å². The van der Waals surface area contributed by atoms with Gasteiger partial charge in [0.2, 0.25) is 10.0 Å². The van der Waals surface area contributed by atoms with Crippen LogP contribution in [0.15, 0.2) is 53.4 Å². The van der Waals surface area contributed by atoms with Crippen LogP contribution >= 0.6 is 0 Å². The van der Waals surface area contributed by atoms with Crippen molar-refractivity contribution in [2.75, 3.05) is 25.0 Å². The van der Waals surface area contributed by atoms with Gasteiger partial charge in [-0.05, 0) is 60.2 Å². The molecule has 6 nitrogen and oxygen atoms in total. The molecule has 7 heteroatoms. The summed E-state index contributed by atoms with van der Waals surface area (Å²) in [5.74, 6) is 0.324. The van der Waals surface area contributed by atoms with E-state index in [9.17, 15) is 13.2 Å². The zero-order valence-corrected chi connectivity index (χ0v) is 19.4. The summed E-state index contributed by atoms with van der Waals surface area (Å²) in [4.78, 5) is 12.5. The van der Waals surface area contributed by atoms with Crippen molar-refractivity contribution in [1.82, 2.24) is 4.31 Å². The van der Waals surface area contributed by atoms with E-state index in [1.807, 2.05) is 24.3 Å². The second-order valence-corrected chi connectivity index (χ2v) is 10.9. The van der Waals surface area contributed by atoms with Crippen LogP contribution in [0.1, 0.15) is 52.0 Å². The van der Waals surface area contributed by atoms with E-state index in [-0.39, 0.29) is 22.8 Å². The molecule has 1 heterocycles. The molecule has 0 atom stereocenters. The van der Waals surface area contributed by atoms with Gasteiger partial charge in [0.05, 0.1) is 4.90 Å². The summed E-state index contributed by atoms with van der Waals surface area (Å²) in [6.45, 7) is 7.43. The summed E-state index contributed by atoms with van der Waals surface area (Å²) in [5, 5.41) is 2.74. The number of hydrogen-bond donors (Lipinski definition) is 1. The minimum absolute atomic E-state index is 0.0583. The van der Waals surface area contributed by atoms with Gasteiger partial charge in [0, 0.05) is 18.8 Å². The third-order valence-electron chi connectivity index (χ3n) is 5.43. The Morgan fingerprint density at radius 3 is 2.06 bits per heavy atom. The largest absolute Gasteiger partial charge is 0.484 e.